The molecule has 2 rings (SSSR count). The van der Waals surface area contributed by atoms with Crippen LogP contribution in [-0.4, -0.2) is 13.1 Å². The molecule has 2 heteroatoms. The van der Waals surface area contributed by atoms with Gasteiger partial charge in [0.05, 0.1) is 12.5 Å². The number of ether oxygens (including phenoxy) is 1. The van der Waals surface area contributed by atoms with E-state index in [-0.39, 0.29) is 16.8 Å². The summed E-state index contributed by atoms with van der Waals surface area (Å²) in [5.41, 5.74) is 2.68. The van der Waals surface area contributed by atoms with E-state index >= 15 is 0 Å². The average molecular weight is 319 g/mol. The van der Waals surface area contributed by atoms with E-state index < -0.39 is 0 Å². The molecule has 0 N–H and O–H groups in total. The first-order valence-electron chi connectivity index (χ1n) is 9.21. The lowest BCUT2D eigenvalue weighted by Gasteiger charge is -2.57. The van der Waals surface area contributed by atoms with Gasteiger partial charge in [-0.3, -0.25) is 4.79 Å². The summed E-state index contributed by atoms with van der Waals surface area (Å²) in [7, 11) is 1.53. The second kappa shape index (κ2) is 6.83. The number of carbonyl (C=O) groups excluding carboxylic acids is 1. The Morgan fingerprint density at radius 2 is 2.09 bits per heavy atom. The Balaban J connectivity index is 2.35. The molecule has 0 radical (unpaired) electrons. The molecule has 2 aliphatic carbocycles. The van der Waals surface area contributed by atoms with Crippen LogP contribution in [0, 0.1) is 22.7 Å². The first kappa shape index (κ1) is 18.3. The number of hydrogen-bond donors (Lipinski definition) is 0. The van der Waals surface area contributed by atoms with E-state index in [0.29, 0.717) is 11.8 Å². The summed E-state index contributed by atoms with van der Waals surface area (Å²) in [6, 6.07) is 0. The molecule has 4 atom stereocenters. The highest BCUT2D eigenvalue weighted by Gasteiger charge is 2.57. The van der Waals surface area contributed by atoms with E-state index in [1.54, 1.807) is 0 Å². The summed E-state index contributed by atoms with van der Waals surface area (Å²) in [4.78, 5) is 12.5. The molecule has 0 amide bonds. The Morgan fingerprint density at radius 3 is 2.70 bits per heavy atom. The zero-order chi connectivity index (χ0) is 17.3. The van der Waals surface area contributed by atoms with E-state index in [0.717, 1.165) is 38.5 Å². The lowest BCUT2D eigenvalue weighted by atomic mass is 9.46. The lowest BCUT2D eigenvalue weighted by Crippen LogP contribution is -2.53. The Hall–Kier alpha value is -1.05. The molecule has 0 saturated heterocycles. The van der Waals surface area contributed by atoms with Crippen molar-refractivity contribution in [1.29, 1.82) is 0 Å². The van der Waals surface area contributed by atoms with Gasteiger partial charge in [0, 0.05) is 0 Å². The minimum atomic E-state index is -0.329. The van der Waals surface area contributed by atoms with Crippen LogP contribution in [0.4, 0.5) is 0 Å². The molecule has 0 heterocycles. The number of methoxy groups -OCH3 is 1. The van der Waals surface area contributed by atoms with E-state index in [2.05, 4.69) is 40.3 Å². The number of carbonyl (C=O) groups is 1. The number of allylic oxidation sites excluding steroid dienone is 3. The molecule has 0 aliphatic heterocycles. The Kier molecular flexibility index (Phi) is 5.43. The van der Waals surface area contributed by atoms with E-state index in [9.17, 15) is 4.79 Å². The first-order valence-corrected chi connectivity index (χ1v) is 9.21. The lowest BCUT2D eigenvalue weighted by molar-refractivity contribution is -0.167. The van der Waals surface area contributed by atoms with Gasteiger partial charge in [-0.25, -0.2) is 0 Å². The van der Waals surface area contributed by atoms with Gasteiger partial charge in [-0.2, -0.15) is 0 Å². The molecule has 2 fully saturated rings. The molecule has 2 saturated carbocycles. The third-order valence-corrected chi connectivity index (χ3v) is 6.93. The van der Waals surface area contributed by atoms with E-state index in [1.165, 1.54) is 24.7 Å². The summed E-state index contributed by atoms with van der Waals surface area (Å²) >= 11 is 0. The molecule has 0 unspecified atom stereocenters. The molecule has 0 spiro atoms. The highest BCUT2D eigenvalue weighted by atomic mass is 16.5. The molecular formula is C21H34O2. The second-order valence-corrected chi connectivity index (χ2v) is 8.21. The Morgan fingerprint density at radius 1 is 1.39 bits per heavy atom. The van der Waals surface area contributed by atoms with E-state index in [1.807, 2.05) is 0 Å². The quantitative estimate of drug-likeness (QED) is 0.492. The third kappa shape index (κ3) is 3.14. The highest BCUT2D eigenvalue weighted by molar-refractivity contribution is 5.77. The van der Waals surface area contributed by atoms with Crippen LogP contribution in [0.1, 0.15) is 72.6 Å². The molecule has 130 valence electrons. The maximum atomic E-state index is 12.5. The van der Waals surface area contributed by atoms with Crippen molar-refractivity contribution in [2.24, 2.45) is 22.7 Å². The minimum absolute atomic E-state index is 0.0139. The van der Waals surface area contributed by atoms with Gasteiger partial charge in [0.25, 0.3) is 0 Å². The SMILES string of the molecule is C=C1CC[C@@H]2[C@](C)(CCC[C@]2(C)C(=O)OC)[C@H]1C/C=C(/C)CC. The van der Waals surface area contributed by atoms with Crippen LogP contribution in [-0.2, 0) is 9.53 Å². The molecule has 23 heavy (non-hydrogen) atoms. The van der Waals surface area contributed by atoms with Crippen LogP contribution in [0.5, 0.6) is 0 Å². The fraction of sp³-hybridized carbons (Fsp3) is 0.762. The van der Waals surface area contributed by atoms with Gasteiger partial charge in [-0.1, -0.05) is 44.1 Å². The molecule has 0 aromatic rings. The summed E-state index contributed by atoms with van der Waals surface area (Å²) in [5, 5.41) is 0. The molecule has 2 aliphatic rings. The molecule has 0 aromatic carbocycles. The van der Waals surface area contributed by atoms with Gasteiger partial charge in [0.2, 0.25) is 0 Å². The van der Waals surface area contributed by atoms with Crippen molar-refractivity contribution < 1.29 is 9.53 Å². The van der Waals surface area contributed by atoms with Crippen molar-refractivity contribution >= 4 is 5.97 Å². The van der Waals surface area contributed by atoms with Crippen molar-refractivity contribution in [3.05, 3.63) is 23.8 Å². The zero-order valence-corrected chi connectivity index (χ0v) is 15.7. The van der Waals surface area contributed by atoms with Gasteiger partial charge in [0.15, 0.2) is 0 Å². The number of rotatable bonds is 4. The van der Waals surface area contributed by atoms with Crippen molar-refractivity contribution in [2.45, 2.75) is 72.6 Å². The van der Waals surface area contributed by atoms with Crippen molar-refractivity contribution in [3.8, 4) is 0 Å². The maximum Gasteiger partial charge on any atom is 0.311 e. The van der Waals surface area contributed by atoms with E-state index in [4.69, 9.17) is 4.74 Å². The van der Waals surface area contributed by atoms with Crippen molar-refractivity contribution in [3.63, 3.8) is 0 Å². The zero-order valence-electron chi connectivity index (χ0n) is 15.7. The van der Waals surface area contributed by atoms with Gasteiger partial charge in [-0.05, 0) is 69.6 Å². The van der Waals surface area contributed by atoms with Crippen LogP contribution in [0.15, 0.2) is 23.8 Å². The highest BCUT2D eigenvalue weighted by Crippen LogP contribution is 2.62. The fourth-order valence-corrected chi connectivity index (χ4v) is 5.33. The topological polar surface area (TPSA) is 26.3 Å². The normalized spacial score (nSPS) is 38.1. The third-order valence-electron chi connectivity index (χ3n) is 6.93. The van der Waals surface area contributed by atoms with Gasteiger partial charge in [-0.15, -0.1) is 0 Å². The summed E-state index contributed by atoms with van der Waals surface area (Å²) in [5.74, 6) is 0.883. The molecular weight excluding hydrogens is 284 g/mol. The molecule has 2 nitrogen and oxygen atoms in total. The van der Waals surface area contributed by atoms with Crippen LogP contribution < -0.4 is 0 Å². The average Bonchev–Trinajstić information content (AvgIpc) is 2.52. The van der Waals surface area contributed by atoms with Gasteiger partial charge >= 0.3 is 5.97 Å². The second-order valence-electron chi connectivity index (χ2n) is 8.21. The summed E-state index contributed by atoms with van der Waals surface area (Å²) in [6.07, 6.45) is 9.98. The Labute approximate surface area is 142 Å². The predicted octanol–water partition coefficient (Wildman–Crippen LogP) is 5.68. The Bertz CT molecular complexity index is 504. The summed E-state index contributed by atoms with van der Waals surface area (Å²) in [6.45, 7) is 13.4. The summed E-state index contributed by atoms with van der Waals surface area (Å²) < 4.78 is 5.19. The van der Waals surface area contributed by atoms with Crippen LogP contribution >= 0.6 is 0 Å². The monoisotopic (exact) mass is 318 g/mol. The fourth-order valence-electron chi connectivity index (χ4n) is 5.33. The van der Waals surface area contributed by atoms with Gasteiger partial charge in [0.1, 0.15) is 0 Å². The van der Waals surface area contributed by atoms with Crippen molar-refractivity contribution in [1.82, 2.24) is 0 Å². The van der Waals surface area contributed by atoms with Crippen LogP contribution in [0.25, 0.3) is 0 Å². The minimum Gasteiger partial charge on any atom is -0.469 e. The number of fused-ring (bicyclic) bond motifs is 1. The molecule has 0 aromatic heterocycles. The van der Waals surface area contributed by atoms with Crippen LogP contribution in [0.3, 0.4) is 0 Å². The predicted molar refractivity (Wildman–Crippen MR) is 96.1 cm³/mol. The molecule has 0 bridgehead atoms. The van der Waals surface area contributed by atoms with Gasteiger partial charge < -0.3 is 4.74 Å². The largest absolute Gasteiger partial charge is 0.469 e. The number of hydrogen-bond acceptors (Lipinski definition) is 2. The van der Waals surface area contributed by atoms with Crippen LogP contribution in [0.2, 0.25) is 0 Å². The van der Waals surface area contributed by atoms with Crippen molar-refractivity contribution in [2.75, 3.05) is 7.11 Å². The maximum absolute atomic E-state index is 12.5. The number of esters is 1. The first-order chi connectivity index (χ1) is 10.8. The smallest absolute Gasteiger partial charge is 0.311 e. The standard InChI is InChI=1S/C21H34O2/c1-7-15(2)9-11-17-16(3)10-12-18-20(17,4)13-8-14-21(18,5)19(22)23-6/h9,17-18H,3,7-8,10-14H2,1-2,4-6H3/b15-9-/t17-,18+,20+,21-/m0/s1.